The van der Waals surface area contributed by atoms with Crippen LogP contribution in [-0.2, 0) is 12.8 Å². The zero-order valence-corrected chi connectivity index (χ0v) is 12.7. The molecule has 3 rings (SSSR count). The predicted octanol–water partition coefficient (Wildman–Crippen LogP) is 4.78. The van der Waals surface area contributed by atoms with Crippen molar-refractivity contribution >= 4 is 10.8 Å². The minimum absolute atomic E-state index is 0.504. The third kappa shape index (κ3) is 2.35. The summed E-state index contributed by atoms with van der Waals surface area (Å²) in [6, 6.07) is 12.1. The number of nitrogens with one attached hydrogen (secondary N) is 1. The number of benzene rings is 2. The van der Waals surface area contributed by atoms with Gasteiger partial charge in [-0.3, -0.25) is 0 Å². The summed E-state index contributed by atoms with van der Waals surface area (Å²) in [5.41, 5.74) is 4.60. The molecule has 0 bridgehead atoms. The van der Waals surface area contributed by atoms with Crippen LogP contribution in [0.2, 0.25) is 0 Å². The molecule has 1 nitrogen and oxygen atoms in total. The molecule has 0 spiro atoms. The van der Waals surface area contributed by atoms with Gasteiger partial charge in [0.2, 0.25) is 0 Å². The fourth-order valence-corrected chi connectivity index (χ4v) is 3.55. The fourth-order valence-electron chi connectivity index (χ4n) is 3.55. The van der Waals surface area contributed by atoms with Crippen molar-refractivity contribution in [2.45, 2.75) is 52.0 Å². The van der Waals surface area contributed by atoms with Gasteiger partial charge in [-0.05, 0) is 59.7 Å². The van der Waals surface area contributed by atoms with Crippen LogP contribution in [0.3, 0.4) is 0 Å². The lowest BCUT2D eigenvalue weighted by atomic mass is 9.93. The summed E-state index contributed by atoms with van der Waals surface area (Å²) in [7, 11) is 0. The average Bonchev–Trinajstić information content (AvgIpc) is 2.90. The van der Waals surface area contributed by atoms with Gasteiger partial charge < -0.3 is 5.32 Å². The molecular formula is C19H25N. The van der Waals surface area contributed by atoms with Crippen molar-refractivity contribution in [1.29, 1.82) is 0 Å². The highest BCUT2D eigenvalue weighted by Crippen LogP contribution is 2.35. The van der Waals surface area contributed by atoms with Gasteiger partial charge in [0.1, 0.15) is 0 Å². The van der Waals surface area contributed by atoms with E-state index in [0.29, 0.717) is 6.04 Å². The summed E-state index contributed by atoms with van der Waals surface area (Å²) in [5, 5.41) is 6.77. The molecule has 1 atom stereocenters. The lowest BCUT2D eigenvalue weighted by molar-refractivity contribution is 0.497. The molecule has 1 heteroatoms. The van der Waals surface area contributed by atoms with Crippen LogP contribution in [0.25, 0.3) is 10.8 Å². The summed E-state index contributed by atoms with van der Waals surface area (Å²) in [6.45, 7) is 5.62. The van der Waals surface area contributed by atoms with E-state index in [9.17, 15) is 0 Å². The van der Waals surface area contributed by atoms with Gasteiger partial charge in [-0.15, -0.1) is 0 Å². The molecule has 0 amide bonds. The Morgan fingerprint density at radius 2 is 1.80 bits per heavy atom. The van der Waals surface area contributed by atoms with Crippen LogP contribution in [0, 0.1) is 0 Å². The third-order valence-corrected chi connectivity index (χ3v) is 4.50. The van der Waals surface area contributed by atoms with Gasteiger partial charge in [-0.2, -0.15) is 0 Å². The molecule has 0 saturated heterocycles. The highest BCUT2D eigenvalue weighted by molar-refractivity contribution is 5.93. The smallest absolute Gasteiger partial charge is 0.0326 e. The first-order valence-corrected chi connectivity index (χ1v) is 8.12. The SMILES string of the molecule is CCCNC(CCC)c1ccc2c3c(cccc13)CC2. The van der Waals surface area contributed by atoms with Crippen molar-refractivity contribution < 1.29 is 0 Å². The topological polar surface area (TPSA) is 12.0 Å². The molecule has 1 N–H and O–H groups in total. The summed E-state index contributed by atoms with van der Waals surface area (Å²) < 4.78 is 0. The normalized spacial score (nSPS) is 14.9. The summed E-state index contributed by atoms with van der Waals surface area (Å²) in [4.78, 5) is 0. The summed E-state index contributed by atoms with van der Waals surface area (Å²) >= 11 is 0. The zero-order chi connectivity index (χ0) is 13.9. The van der Waals surface area contributed by atoms with Gasteiger partial charge in [0.05, 0.1) is 0 Å². The Balaban J connectivity index is 2.06. The summed E-state index contributed by atoms with van der Waals surface area (Å²) in [5.74, 6) is 0. The van der Waals surface area contributed by atoms with Crippen molar-refractivity contribution in [2.75, 3.05) is 6.54 Å². The fraction of sp³-hybridized carbons (Fsp3) is 0.474. The minimum Gasteiger partial charge on any atom is -0.310 e. The molecule has 2 aromatic carbocycles. The Bertz CT molecular complexity index is 590. The molecule has 1 aliphatic carbocycles. The molecule has 0 heterocycles. The first kappa shape index (κ1) is 13.6. The van der Waals surface area contributed by atoms with Crippen molar-refractivity contribution in [3.05, 3.63) is 47.0 Å². The Labute approximate surface area is 122 Å². The second-order valence-corrected chi connectivity index (χ2v) is 5.95. The Hall–Kier alpha value is -1.34. The molecule has 0 aromatic heterocycles. The molecule has 0 radical (unpaired) electrons. The van der Waals surface area contributed by atoms with E-state index in [1.165, 1.54) is 43.1 Å². The molecule has 106 valence electrons. The van der Waals surface area contributed by atoms with Crippen molar-refractivity contribution in [3.8, 4) is 0 Å². The maximum Gasteiger partial charge on any atom is 0.0326 e. The van der Waals surface area contributed by atoms with Crippen LogP contribution in [0.15, 0.2) is 30.3 Å². The molecule has 1 aliphatic rings. The molecule has 2 aromatic rings. The van der Waals surface area contributed by atoms with E-state index in [0.717, 1.165) is 6.54 Å². The standard InChI is InChI=1S/C19H25N/c1-3-6-18(20-13-4-2)16-12-11-15-10-9-14-7-5-8-17(16)19(14)15/h5,7-8,11-12,18,20H,3-4,6,9-10,13H2,1-2H3. The second-order valence-electron chi connectivity index (χ2n) is 5.95. The number of aryl methyl sites for hydroxylation is 2. The molecular weight excluding hydrogens is 242 g/mol. The Morgan fingerprint density at radius 1 is 1.00 bits per heavy atom. The van der Waals surface area contributed by atoms with Crippen molar-refractivity contribution in [2.24, 2.45) is 0 Å². The van der Waals surface area contributed by atoms with Crippen molar-refractivity contribution in [1.82, 2.24) is 5.32 Å². The highest BCUT2D eigenvalue weighted by Gasteiger charge is 2.19. The first-order chi connectivity index (χ1) is 9.85. The van der Waals surface area contributed by atoms with Gasteiger partial charge in [-0.1, -0.05) is 50.6 Å². The lowest BCUT2D eigenvalue weighted by Crippen LogP contribution is -2.22. The van der Waals surface area contributed by atoms with E-state index >= 15 is 0 Å². The zero-order valence-electron chi connectivity index (χ0n) is 12.7. The molecule has 1 unspecified atom stereocenters. The van der Waals surface area contributed by atoms with Gasteiger partial charge in [0, 0.05) is 6.04 Å². The van der Waals surface area contributed by atoms with Crippen LogP contribution in [0.4, 0.5) is 0 Å². The lowest BCUT2D eigenvalue weighted by Gasteiger charge is -2.21. The quantitative estimate of drug-likeness (QED) is 0.794. The number of hydrogen-bond acceptors (Lipinski definition) is 1. The molecule has 0 saturated carbocycles. The van der Waals surface area contributed by atoms with Crippen LogP contribution in [-0.4, -0.2) is 6.54 Å². The Morgan fingerprint density at radius 3 is 2.55 bits per heavy atom. The maximum absolute atomic E-state index is 3.74. The van der Waals surface area contributed by atoms with E-state index in [1.54, 1.807) is 16.5 Å². The van der Waals surface area contributed by atoms with E-state index in [1.807, 2.05) is 0 Å². The first-order valence-electron chi connectivity index (χ1n) is 8.12. The summed E-state index contributed by atoms with van der Waals surface area (Å²) in [6.07, 6.45) is 6.08. The van der Waals surface area contributed by atoms with Gasteiger partial charge in [0.15, 0.2) is 0 Å². The maximum atomic E-state index is 3.74. The van der Waals surface area contributed by atoms with Crippen LogP contribution in [0.5, 0.6) is 0 Å². The second kappa shape index (κ2) is 5.97. The van der Waals surface area contributed by atoms with E-state index in [2.05, 4.69) is 49.5 Å². The van der Waals surface area contributed by atoms with Gasteiger partial charge in [-0.25, -0.2) is 0 Å². The highest BCUT2D eigenvalue weighted by atomic mass is 14.9. The Kier molecular flexibility index (Phi) is 4.07. The van der Waals surface area contributed by atoms with Crippen molar-refractivity contribution in [3.63, 3.8) is 0 Å². The van der Waals surface area contributed by atoms with Crippen LogP contribution in [0.1, 0.15) is 55.8 Å². The average molecular weight is 267 g/mol. The van der Waals surface area contributed by atoms with E-state index in [4.69, 9.17) is 0 Å². The monoisotopic (exact) mass is 267 g/mol. The van der Waals surface area contributed by atoms with Crippen LogP contribution >= 0.6 is 0 Å². The van der Waals surface area contributed by atoms with Gasteiger partial charge in [0.25, 0.3) is 0 Å². The molecule has 0 aliphatic heterocycles. The number of rotatable bonds is 6. The molecule has 0 fully saturated rings. The number of hydrogen-bond donors (Lipinski definition) is 1. The largest absolute Gasteiger partial charge is 0.310 e. The van der Waals surface area contributed by atoms with Crippen LogP contribution < -0.4 is 5.32 Å². The minimum atomic E-state index is 0.504. The van der Waals surface area contributed by atoms with E-state index < -0.39 is 0 Å². The molecule has 20 heavy (non-hydrogen) atoms. The predicted molar refractivity (Wildman–Crippen MR) is 87.3 cm³/mol. The third-order valence-electron chi connectivity index (χ3n) is 4.50. The van der Waals surface area contributed by atoms with Gasteiger partial charge >= 0.3 is 0 Å². The van der Waals surface area contributed by atoms with E-state index in [-0.39, 0.29) is 0 Å².